The summed E-state index contributed by atoms with van der Waals surface area (Å²) in [6, 6.07) is 0. The van der Waals surface area contributed by atoms with E-state index in [1.165, 1.54) is 22.2 Å². The number of thioether (sulfide) groups is 1. The first kappa shape index (κ1) is 13.3. The molecule has 0 unspecified atom stereocenters. The van der Waals surface area contributed by atoms with E-state index in [1.54, 1.807) is 23.0 Å². The fourth-order valence-electron chi connectivity index (χ4n) is 2.92. The molecule has 7 heteroatoms. The number of fused-ring (bicyclic) bond motifs is 3. The maximum atomic E-state index is 12.6. The Labute approximate surface area is 129 Å². The Kier molecular flexibility index (Phi) is 3.08. The van der Waals surface area contributed by atoms with E-state index in [2.05, 4.69) is 4.98 Å². The second-order valence-electron chi connectivity index (χ2n) is 5.36. The summed E-state index contributed by atoms with van der Waals surface area (Å²) in [5.74, 6) is -0.206. The van der Waals surface area contributed by atoms with Crippen molar-refractivity contribution in [2.75, 3.05) is 6.61 Å². The van der Waals surface area contributed by atoms with Gasteiger partial charge >= 0.3 is 5.97 Å². The van der Waals surface area contributed by atoms with Gasteiger partial charge in [-0.3, -0.25) is 14.2 Å². The predicted octanol–water partition coefficient (Wildman–Crippen LogP) is 1.89. The minimum atomic E-state index is -0.243. The van der Waals surface area contributed by atoms with Crippen LogP contribution < -0.4 is 5.56 Å². The monoisotopic (exact) mass is 322 g/mol. The van der Waals surface area contributed by atoms with E-state index in [4.69, 9.17) is 4.74 Å². The van der Waals surface area contributed by atoms with E-state index >= 15 is 0 Å². The maximum absolute atomic E-state index is 12.6. The number of cyclic esters (lactones) is 1. The topological polar surface area (TPSA) is 61.2 Å². The van der Waals surface area contributed by atoms with E-state index in [1.807, 2.05) is 0 Å². The molecule has 4 rings (SSSR count). The number of carbonyl (C=O) groups is 1. The zero-order valence-corrected chi connectivity index (χ0v) is 13.2. The minimum absolute atomic E-state index is 0.00765. The van der Waals surface area contributed by atoms with Gasteiger partial charge in [-0.2, -0.15) is 0 Å². The van der Waals surface area contributed by atoms with Crippen molar-refractivity contribution < 1.29 is 9.53 Å². The van der Waals surface area contributed by atoms with Gasteiger partial charge in [-0.15, -0.1) is 11.3 Å². The molecule has 2 aliphatic rings. The van der Waals surface area contributed by atoms with Crippen molar-refractivity contribution in [2.24, 2.45) is 7.05 Å². The zero-order valence-electron chi connectivity index (χ0n) is 11.5. The molecule has 0 N–H and O–H groups in total. The van der Waals surface area contributed by atoms with Gasteiger partial charge in [0.2, 0.25) is 0 Å². The first-order valence-corrected chi connectivity index (χ1v) is 8.69. The van der Waals surface area contributed by atoms with Crippen molar-refractivity contribution in [3.8, 4) is 0 Å². The van der Waals surface area contributed by atoms with Crippen LogP contribution in [0.25, 0.3) is 10.2 Å². The van der Waals surface area contributed by atoms with E-state index in [0.717, 1.165) is 29.5 Å². The Bertz CT molecular complexity index is 809. The summed E-state index contributed by atoms with van der Waals surface area (Å²) in [7, 11) is 1.73. The number of aromatic nitrogens is 2. The van der Waals surface area contributed by atoms with Crippen LogP contribution in [0.1, 0.15) is 23.3 Å². The Morgan fingerprint density at radius 2 is 2.24 bits per heavy atom. The standard InChI is InChI=1S/C14H14N2O3S2/c1-16-12(17)10-7-3-2-4-8(7)20-11(10)15-14(16)21-9-5-6-19-13(9)18/h9H,2-6H2,1H3/t9-/m1/s1. The molecule has 2 aromatic heterocycles. The van der Waals surface area contributed by atoms with Crippen LogP contribution in [0, 0.1) is 0 Å². The molecule has 0 aromatic carbocycles. The second-order valence-corrected chi connectivity index (χ2v) is 7.61. The van der Waals surface area contributed by atoms with Crippen LogP contribution >= 0.6 is 23.1 Å². The lowest BCUT2D eigenvalue weighted by Crippen LogP contribution is -2.22. The summed E-state index contributed by atoms with van der Waals surface area (Å²) >= 11 is 2.97. The Morgan fingerprint density at radius 1 is 1.38 bits per heavy atom. The largest absolute Gasteiger partial charge is 0.465 e. The smallest absolute Gasteiger partial charge is 0.319 e. The molecular formula is C14H14N2O3S2. The number of carbonyl (C=O) groups excluding carboxylic acids is 1. The Morgan fingerprint density at radius 3 is 3.00 bits per heavy atom. The van der Waals surface area contributed by atoms with Gasteiger partial charge < -0.3 is 4.74 Å². The number of thiophene rings is 1. The molecule has 21 heavy (non-hydrogen) atoms. The Balaban J connectivity index is 1.82. The first-order chi connectivity index (χ1) is 10.1. The third-order valence-electron chi connectivity index (χ3n) is 4.04. The molecule has 0 radical (unpaired) electrons. The molecule has 1 atom stereocenters. The highest BCUT2D eigenvalue weighted by molar-refractivity contribution is 8.00. The highest BCUT2D eigenvalue weighted by atomic mass is 32.2. The van der Waals surface area contributed by atoms with Crippen molar-refractivity contribution in [3.05, 3.63) is 20.8 Å². The summed E-state index contributed by atoms with van der Waals surface area (Å²) < 4.78 is 6.55. The van der Waals surface area contributed by atoms with E-state index in [-0.39, 0.29) is 16.8 Å². The van der Waals surface area contributed by atoms with Crippen molar-refractivity contribution >= 4 is 39.3 Å². The zero-order chi connectivity index (χ0) is 14.6. The molecule has 0 saturated carbocycles. The van der Waals surface area contributed by atoms with Crippen molar-refractivity contribution in [1.29, 1.82) is 0 Å². The maximum Gasteiger partial charge on any atom is 0.319 e. The lowest BCUT2D eigenvalue weighted by molar-refractivity contribution is -0.137. The number of hydrogen-bond acceptors (Lipinski definition) is 6. The van der Waals surface area contributed by atoms with Crippen LogP contribution in [0.15, 0.2) is 9.95 Å². The highest BCUT2D eigenvalue weighted by Gasteiger charge is 2.30. The molecule has 0 spiro atoms. The lowest BCUT2D eigenvalue weighted by Gasteiger charge is -2.09. The van der Waals surface area contributed by atoms with Crippen LogP contribution in [0.2, 0.25) is 0 Å². The Hall–Kier alpha value is -1.34. The van der Waals surface area contributed by atoms with Gasteiger partial charge in [0.05, 0.1) is 12.0 Å². The average Bonchev–Trinajstić information content (AvgIpc) is 3.12. The molecule has 5 nitrogen and oxygen atoms in total. The van der Waals surface area contributed by atoms with E-state index in [0.29, 0.717) is 18.2 Å². The molecule has 1 saturated heterocycles. The second kappa shape index (κ2) is 4.84. The number of rotatable bonds is 2. The number of nitrogens with zero attached hydrogens (tertiary/aromatic N) is 2. The van der Waals surface area contributed by atoms with Crippen molar-refractivity contribution in [2.45, 2.75) is 36.1 Å². The predicted molar refractivity (Wildman–Crippen MR) is 82.1 cm³/mol. The van der Waals surface area contributed by atoms with Crippen LogP contribution in [0.4, 0.5) is 0 Å². The normalized spacial score (nSPS) is 21.0. The summed E-state index contributed by atoms with van der Waals surface area (Å²) in [5.41, 5.74) is 1.20. The van der Waals surface area contributed by atoms with E-state index < -0.39 is 0 Å². The number of aryl methyl sites for hydroxylation is 2. The number of hydrogen-bond donors (Lipinski definition) is 0. The molecule has 2 aromatic rings. The van der Waals surface area contributed by atoms with E-state index in [9.17, 15) is 9.59 Å². The van der Waals surface area contributed by atoms with Crippen molar-refractivity contribution in [3.63, 3.8) is 0 Å². The van der Waals surface area contributed by atoms with Gasteiger partial charge in [0, 0.05) is 18.3 Å². The molecule has 3 heterocycles. The summed E-state index contributed by atoms with van der Waals surface area (Å²) in [5, 5.41) is 1.15. The summed E-state index contributed by atoms with van der Waals surface area (Å²) in [6.45, 7) is 0.458. The fraction of sp³-hybridized carbons (Fsp3) is 0.500. The van der Waals surface area contributed by atoms with Gasteiger partial charge in [0.25, 0.3) is 5.56 Å². The highest BCUT2D eigenvalue weighted by Crippen LogP contribution is 2.36. The molecular weight excluding hydrogens is 308 g/mol. The number of esters is 1. The third-order valence-corrected chi connectivity index (χ3v) is 6.51. The van der Waals surface area contributed by atoms with Crippen LogP contribution in [0.5, 0.6) is 0 Å². The fourth-order valence-corrected chi connectivity index (χ4v) is 5.25. The molecule has 1 aliphatic carbocycles. The van der Waals surface area contributed by atoms with Crippen LogP contribution in [-0.4, -0.2) is 27.4 Å². The SMILES string of the molecule is Cn1c(S[C@@H]2CCOC2=O)nc2sc3c(c2c1=O)CCC3. The minimum Gasteiger partial charge on any atom is -0.465 e. The van der Waals surface area contributed by atoms with Gasteiger partial charge in [-0.25, -0.2) is 4.98 Å². The lowest BCUT2D eigenvalue weighted by atomic mass is 10.2. The van der Waals surface area contributed by atoms with Gasteiger partial charge in [-0.05, 0) is 24.8 Å². The third kappa shape index (κ3) is 2.02. The molecule has 1 aliphatic heterocycles. The summed E-state index contributed by atoms with van der Waals surface area (Å²) in [6.07, 6.45) is 3.84. The van der Waals surface area contributed by atoms with Crippen LogP contribution in [-0.2, 0) is 29.4 Å². The van der Waals surface area contributed by atoms with Gasteiger partial charge in [-0.1, -0.05) is 11.8 Å². The quantitative estimate of drug-likeness (QED) is 0.624. The molecule has 1 fully saturated rings. The molecule has 110 valence electrons. The molecule has 0 bridgehead atoms. The molecule has 0 amide bonds. The summed E-state index contributed by atoms with van der Waals surface area (Å²) in [4.78, 5) is 31.0. The first-order valence-electron chi connectivity index (χ1n) is 6.99. The average molecular weight is 322 g/mol. The van der Waals surface area contributed by atoms with Crippen molar-refractivity contribution in [1.82, 2.24) is 9.55 Å². The van der Waals surface area contributed by atoms with Crippen LogP contribution in [0.3, 0.4) is 0 Å². The van der Waals surface area contributed by atoms with Gasteiger partial charge in [0.1, 0.15) is 10.1 Å². The van der Waals surface area contributed by atoms with Gasteiger partial charge in [0.15, 0.2) is 5.16 Å². The number of ether oxygens (including phenoxy) is 1.